The zero-order chi connectivity index (χ0) is 12.7. The number of nitrogen functional groups attached to an aromatic ring is 1. The van der Waals surface area contributed by atoms with Gasteiger partial charge in [-0.05, 0) is 47.1 Å². The Morgan fingerprint density at radius 1 is 1.22 bits per heavy atom. The molecule has 3 nitrogen and oxygen atoms in total. The molecule has 0 fully saturated rings. The van der Waals surface area contributed by atoms with Crippen molar-refractivity contribution in [2.24, 2.45) is 0 Å². The molecule has 0 saturated carbocycles. The number of benzene rings is 2. The van der Waals surface area contributed by atoms with Crippen molar-refractivity contribution in [1.29, 1.82) is 0 Å². The first kappa shape index (κ1) is 11.3. The van der Waals surface area contributed by atoms with Crippen LogP contribution in [-0.2, 0) is 0 Å². The third-order valence-corrected chi connectivity index (χ3v) is 3.57. The number of fused-ring (bicyclic) bond motifs is 1. The van der Waals surface area contributed by atoms with Gasteiger partial charge in [0.25, 0.3) is 0 Å². The summed E-state index contributed by atoms with van der Waals surface area (Å²) in [7, 11) is 0. The molecule has 2 aromatic carbocycles. The second kappa shape index (κ2) is 4.14. The minimum absolute atomic E-state index is 0.732. The molecular weight excluding hydrogens is 290 g/mol. The van der Waals surface area contributed by atoms with E-state index in [1.54, 1.807) is 0 Å². The topological polar surface area (TPSA) is 54.7 Å². The first-order chi connectivity index (χ1) is 8.65. The van der Waals surface area contributed by atoms with Crippen LogP contribution in [0.5, 0.6) is 0 Å². The van der Waals surface area contributed by atoms with Crippen LogP contribution in [-0.4, -0.2) is 9.97 Å². The highest BCUT2D eigenvalue weighted by Gasteiger charge is 2.10. The summed E-state index contributed by atoms with van der Waals surface area (Å²) in [6, 6.07) is 11.9. The number of nitrogens with zero attached hydrogens (tertiary/aromatic N) is 1. The van der Waals surface area contributed by atoms with Crippen LogP contribution < -0.4 is 5.73 Å². The van der Waals surface area contributed by atoms with E-state index in [2.05, 4.69) is 25.9 Å². The quantitative estimate of drug-likeness (QED) is 0.670. The van der Waals surface area contributed by atoms with Crippen molar-refractivity contribution in [2.75, 3.05) is 5.73 Å². The van der Waals surface area contributed by atoms with Gasteiger partial charge in [-0.3, -0.25) is 0 Å². The maximum Gasteiger partial charge on any atom is 0.140 e. The summed E-state index contributed by atoms with van der Waals surface area (Å²) in [5, 5.41) is 0. The number of H-pyrrole nitrogens is 1. The summed E-state index contributed by atoms with van der Waals surface area (Å²) in [6.45, 7) is 2.04. The van der Waals surface area contributed by atoms with Crippen molar-refractivity contribution in [3.8, 4) is 11.4 Å². The Bertz CT molecular complexity index is 731. The molecular formula is C14H12BrN3. The van der Waals surface area contributed by atoms with E-state index < -0.39 is 0 Å². The van der Waals surface area contributed by atoms with Crippen molar-refractivity contribution in [1.82, 2.24) is 9.97 Å². The van der Waals surface area contributed by atoms with Crippen LogP contribution >= 0.6 is 15.9 Å². The lowest BCUT2D eigenvalue weighted by atomic mass is 10.1. The highest BCUT2D eigenvalue weighted by Crippen LogP contribution is 2.29. The number of aryl methyl sites for hydroxylation is 1. The van der Waals surface area contributed by atoms with E-state index in [1.165, 1.54) is 5.56 Å². The molecule has 1 heterocycles. The zero-order valence-corrected chi connectivity index (χ0v) is 11.5. The Balaban J connectivity index is 2.26. The molecule has 4 heteroatoms. The van der Waals surface area contributed by atoms with Gasteiger partial charge in [-0.2, -0.15) is 0 Å². The fourth-order valence-electron chi connectivity index (χ4n) is 2.00. The highest BCUT2D eigenvalue weighted by atomic mass is 79.9. The van der Waals surface area contributed by atoms with Gasteiger partial charge in [0.05, 0.1) is 5.52 Å². The van der Waals surface area contributed by atoms with Crippen LogP contribution in [0.25, 0.3) is 22.4 Å². The SMILES string of the molecule is Cc1ccc(N)c(-c2nc3c(Br)cccc3[nH]2)c1. The normalized spacial score (nSPS) is 11.0. The Morgan fingerprint density at radius 3 is 2.83 bits per heavy atom. The molecule has 0 aliphatic carbocycles. The average Bonchev–Trinajstić information content (AvgIpc) is 2.77. The fourth-order valence-corrected chi connectivity index (χ4v) is 2.45. The summed E-state index contributed by atoms with van der Waals surface area (Å²) in [4.78, 5) is 7.90. The lowest BCUT2D eigenvalue weighted by molar-refractivity contribution is 1.32. The van der Waals surface area contributed by atoms with Gasteiger partial charge in [0.15, 0.2) is 0 Å². The Labute approximate surface area is 113 Å². The van der Waals surface area contributed by atoms with Gasteiger partial charge < -0.3 is 10.7 Å². The second-order valence-electron chi connectivity index (χ2n) is 4.31. The summed E-state index contributed by atoms with van der Waals surface area (Å²) in [5.41, 5.74) is 10.8. The number of hydrogen-bond acceptors (Lipinski definition) is 2. The van der Waals surface area contributed by atoms with Crippen molar-refractivity contribution in [3.63, 3.8) is 0 Å². The standard InChI is InChI=1S/C14H12BrN3/c1-8-5-6-11(16)9(7-8)14-17-12-4-2-3-10(15)13(12)18-14/h2-7H,16H2,1H3,(H,17,18). The van der Waals surface area contributed by atoms with Crippen LogP contribution in [0.4, 0.5) is 5.69 Å². The maximum atomic E-state index is 6.01. The van der Waals surface area contributed by atoms with Crippen LogP contribution in [0.15, 0.2) is 40.9 Å². The van der Waals surface area contributed by atoms with Crippen molar-refractivity contribution < 1.29 is 0 Å². The molecule has 0 aliphatic heterocycles. The second-order valence-corrected chi connectivity index (χ2v) is 5.17. The monoisotopic (exact) mass is 301 g/mol. The van der Waals surface area contributed by atoms with E-state index in [1.807, 2.05) is 43.3 Å². The number of aromatic nitrogens is 2. The zero-order valence-electron chi connectivity index (χ0n) is 9.87. The van der Waals surface area contributed by atoms with E-state index in [-0.39, 0.29) is 0 Å². The molecule has 0 radical (unpaired) electrons. The predicted octanol–water partition coefficient (Wildman–Crippen LogP) is 3.88. The number of aromatic amines is 1. The lowest BCUT2D eigenvalue weighted by Crippen LogP contribution is -1.91. The molecule has 0 atom stereocenters. The van der Waals surface area contributed by atoms with E-state index >= 15 is 0 Å². The predicted molar refractivity (Wildman–Crippen MR) is 78.4 cm³/mol. The Morgan fingerprint density at radius 2 is 2.06 bits per heavy atom. The largest absolute Gasteiger partial charge is 0.398 e. The third-order valence-electron chi connectivity index (χ3n) is 2.93. The molecule has 0 amide bonds. The number of nitrogens with two attached hydrogens (primary N) is 1. The molecule has 3 aromatic rings. The van der Waals surface area contributed by atoms with Crippen LogP contribution in [0.1, 0.15) is 5.56 Å². The number of rotatable bonds is 1. The number of nitrogens with one attached hydrogen (secondary N) is 1. The van der Waals surface area contributed by atoms with E-state index in [9.17, 15) is 0 Å². The van der Waals surface area contributed by atoms with Crippen molar-refractivity contribution in [3.05, 3.63) is 46.4 Å². The number of hydrogen-bond donors (Lipinski definition) is 2. The third kappa shape index (κ3) is 1.78. The Hall–Kier alpha value is -1.81. The number of para-hydroxylation sites is 1. The van der Waals surface area contributed by atoms with Crippen LogP contribution in [0.3, 0.4) is 0 Å². The van der Waals surface area contributed by atoms with Gasteiger partial charge in [-0.15, -0.1) is 0 Å². The summed E-state index contributed by atoms with van der Waals surface area (Å²) >= 11 is 3.50. The molecule has 0 spiro atoms. The van der Waals surface area contributed by atoms with Gasteiger partial charge in [-0.1, -0.05) is 17.7 Å². The minimum atomic E-state index is 0.732. The molecule has 3 N–H and O–H groups in total. The van der Waals surface area contributed by atoms with E-state index in [0.717, 1.165) is 32.6 Å². The molecule has 0 aliphatic rings. The van der Waals surface area contributed by atoms with Crippen LogP contribution in [0.2, 0.25) is 0 Å². The molecule has 18 heavy (non-hydrogen) atoms. The number of imidazole rings is 1. The number of anilines is 1. The smallest absolute Gasteiger partial charge is 0.140 e. The van der Waals surface area contributed by atoms with E-state index in [4.69, 9.17) is 5.73 Å². The van der Waals surface area contributed by atoms with Crippen molar-refractivity contribution in [2.45, 2.75) is 6.92 Å². The molecule has 0 bridgehead atoms. The molecule has 0 unspecified atom stereocenters. The summed E-state index contributed by atoms with van der Waals surface area (Å²) in [6.07, 6.45) is 0. The molecule has 0 saturated heterocycles. The maximum absolute atomic E-state index is 6.01. The van der Waals surface area contributed by atoms with Gasteiger partial charge in [0, 0.05) is 15.7 Å². The van der Waals surface area contributed by atoms with Crippen LogP contribution in [0, 0.1) is 6.92 Å². The summed E-state index contributed by atoms with van der Waals surface area (Å²) < 4.78 is 0.980. The minimum Gasteiger partial charge on any atom is -0.398 e. The van der Waals surface area contributed by atoms with Crippen molar-refractivity contribution >= 4 is 32.7 Å². The number of halogens is 1. The first-order valence-electron chi connectivity index (χ1n) is 5.66. The fraction of sp³-hybridized carbons (Fsp3) is 0.0714. The van der Waals surface area contributed by atoms with Gasteiger partial charge in [-0.25, -0.2) is 4.98 Å². The molecule has 3 rings (SSSR count). The van der Waals surface area contributed by atoms with Gasteiger partial charge >= 0.3 is 0 Å². The molecule has 1 aromatic heterocycles. The van der Waals surface area contributed by atoms with Gasteiger partial charge in [0.2, 0.25) is 0 Å². The van der Waals surface area contributed by atoms with E-state index in [0.29, 0.717) is 0 Å². The van der Waals surface area contributed by atoms with Gasteiger partial charge in [0.1, 0.15) is 11.3 Å². The molecule has 90 valence electrons. The highest BCUT2D eigenvalue weighted by molar-refractivity contribution is 9.10. The first-order valence-corrected chi connectivity index (χ1v) is 6.45. The Kier molecular flexibility index (Phi) is 2.59. The lowest BCUT2D eigenvalue weighted by Gasteiger charge is -2.03. The average molecular weight is 302 g/mol. The summed E-state index contributed by atoms with van der Waals surface area (Å²) in [5.74, 6) is 0.804.